The largest absolute Gasteiger partial charge is 0.504 e. The van der Waals surface area contributed by atoms with Crippen molar-refractivity contribution in [2.24, 2.45) is 16.6 Å². The molecule has 1 aromatic rings. The molecule has 0 aliphatic heterocycles. The summed E-state index contributed by atoms with van der Waals surface area (Å²) in [6.45, 7) is 1.35. The lowest BCUT2D eigenvalue weighted by Crippen LogP contribution is -2.37. The van der Waals surface area contributed by atoms with Gasteiger partial charge >= 0.3 is 0 Å². The summed E-state index contributed by atoms with van der Waals surface area (Å²) in [5.74, 6) is 1.79. The van der Waals surface area contributed by atoms with Gasteiger partial charge in [0, 0.05) is 6.54 Å². The molecule has 4 N–H and O–H groups in total. The quantitative estimate of drug-likeness (QED) is 0.409. The highest BCUT2D eigenvalue weighted by Gasteiger charge is 2.16. The van der Waals surface area contributed by atoms with Crippen molar-refractivity contribution < 1.29 is 9.84 Å². The maximum atomic E-state index is 9.65. The second kappa shape index (κ2) is 8.18. The lowest BCUT2D eigenvalue weighted by atomic mass is 9.85. The van der Waals surface area contributed by atoms with E-state index in [-0.39, 0.29) is 29.7 Å². The van der Waals surface area contributed by atoms with Gasteiger partial charge in [0.1, 0.15) is 0 Å². The zero-order valence-corrected chi connectivity index (χ0v) is 14.0. The molecule has 0 unspecified atom stereocenters. The molecule has 0 heterocycles. The molecule has 0 saturated heterocycles. The Morgan fingerprint density at radius 2 is 2.25 bits per heavy atom. The molecule has 0 spiro atoms. The van der Waals surface area contributed by atoms with Gasteiger partial charge < -0.3 is 20.9 Å². The maximum Gasteiger partial charge on any atom is 0.188 e. The summed E-state index contributed by atoms with van der Waals surface area (Å²) in [7, 11) is 1.52. The average Bonchev–Trinajstić information content (AvgIpc) is 2.34. The molecular formula is C14H22IN3O2. The van der Waals surface area contributed by atoms with Crippen LogP contribution in [0.4, 0.5) is 0 Å². The van der Waals surface area contributed by atoms with Gasteiger partial charge in [-0.25, -0.2) is 4.99 Å². The molecule has 112 valence electrons. The van der Waals surface area contributed by atoms with Gasteiger partial charge in [0.15, 0.2) is 17.5 Å². The van der Waals surface area contributed by atoms with E-state index in [4.69, 9.17) is 10.5 Å². The fraction of sp³-hybridized carbons (Fsp3) is 0.500. The number of aliphatic imine (C=N–C) groups is 1. The first-order chi connectivity index (χ1) is 9.19. The summed E-state index contributed by atoms with van der Waals surface area (Å²) < 4.78 is 4.99. The van der Waals surface area contributed by atoms with Crippen molar-refractivity contribution >= 4 is 29.9 Å². The summed E-state index contributed by atoms with van der Waals surface area (Å²) in [6, 6.07) is 5.22. The van der Waals surface area contributed by atoms with Crippen LogP contribution in [0.15, 0.2) is 23.2 Å². The molecular weight excluding hydrogens is 369 g/mol. The number of hydrogen-bond acceptors (Lipinski definition) is 3. The molecule has 0 bridgehead atoms. The van der Waals surface area contributed by atoms with E-state index in [2.05, 4.69) is 10.3 Å². The van der Waals surface area contributed by atoms with Crippen LogP contribution in [0.5, 0.6) is 11.5 Å². The minimum Gasteiger partial charge on any atom is -0.504 e. The third-order valence-corrected chi connectivity index (χ3v) is 3.47. The van der Waals surface area contributed by atoms with Gasteiger partial charge in [-0.2, -0.15) is 0 Å². The van der Waals surface area contributed by atoms with Gasteiger partial charge in [-0.05, 0) is 36.5 Å². The fourth-order valence-electron chi connectivity index (χ4n) is 2.01. The maximum absolute atomic E-state index is 9.65. The Balaban J connectivity index is 0.00000200. The standard InChI is InChI=1S/C14H21N3O2.HI/c1-19-13-6-5-11(7-12(13)18)9-17-14(15)16-8-10-3-2-4-10;/h5-7,10,18H,2-4,8-9H2,1H3,(H3,15,16,17);1H. The van der Waals surface area contributed by atoms with Crippen molar-refractivity contribution in [1.29, 1.82) is 0 Å². The van der Waals surface area contributed by atoms with Crippen LogP contribution in [0.3, 0.4) is 0 Å². The summed E-state index contributed by atoms with van der Waals surface area (Å²) in [5.41, 5.74) is 6.69. The lowest BCUT2D eigenvalue weighted by Gasteiger charge is -2.25. The zero-order valence-electron chi connectivity index (χ0n) is 11.6. The summed E-state index contributed by atoms with van der Waals surface area (Å²) in [4.78, 5) is 4.25. The van der Waals surface area contributed by atoms with Crippen LogP contribution in [-0.4, -0.2) is 24.7 Å². The van der Waals surface area contributed by atoms with E-state index in [0.717, 1.165) is 18.0 Å². The number of methoxy groups -OCH3 is 1. The first kappa shape index (κ1) is 16.9. The molecule has 2 rings (SSSR count). The number of nitrogens with zero attached hydrogens (tertiary/aromatic N) is 1. The number of phenols is 1. The minimum atomic E-state index is 0. The lowest BCUT2D eigenvalue weighted by molar-refractivity contribution is 0.315. The van der Waals surface area contributed by atoms with Crippen molar-refractivity contribution in [2.75, 3.05) is 13.7 Å². The Kier molecular flexibility index (Phi) is 6.90. The van der Waals surface area contributed by atoms with E-state index in [0.29, 0.717) is 18.3 Å². The molecule has 5 nitrogen and oxygen atoms in total. The Hall–Kier alpha value is -1.18. The molecule has 1 aliphatic carbocycles. The Labute approximate surface area is 136 Å². The molecule has 1 aliphatic rings. The zero-order chi connectivity index (χ0) is 13.7. The Morgan fingerprint density at radius 1 is 1.50 bits per heavy atom. The van der Waals surface area contributed by atoms with Gasteiger partial charge in [-0.3, -0.25) is 0 Å². The third-order valence-electron chi connectivity index (χ3n) is 3.47. The molecule has 1 aromatic carbocycles. The van der Waals surface area contributed by atoms with E-state index in [1.807, 2.05) is 6.07 Å². The smallest absolute Gasteiger partial charge is 0.188 e. The molecule has 0 radical (unpaired) electrons. The number of rotatable bonds is 5. The number of nitrogens with one attached hydrogen (secondary N) is 1. The fourth-order valence-corrected chi connectivity index (χ4v) is 2.01. The first-order valence-electron chi connectivity index (χ1n) is 6.58. The van der Waals surface area contributed by atoms with Crippen LogP contribution >= 0.6 is 24.0 Å². The van der Waals surface area contributed by atoms with E-state index in [1.54, 1.807) is 12.1 Å². The van der Waals surface area contributed by atoms with Gasteiger partial charge in [-0.1, -0.05) is 12.5 Å². The normalized spacial score (nSPS) is 15.2. The van der Waals surface area contributed by atoms with E-state index in [1.165, 1.54) is 26.4 Å². The van der Waals surface area contributed by atoms with Crippen LogP contribution in [0.25, 0.3) is 0 Å². The number of nitrogens with two attached hydrogens (primary N) is 1. The Morgan fingerprint density at radius 3 is 2.80 bits per heavy atom. The van der Waals surface area contributed by atoms with Crippen LogP contribution in [0.2, 0.25) is 0 Å². The highest BCUT2D eigenvalue weighted by molar-refractivity contribution is 14.0. The number of hydrogen-bond donors (Lipinski definition) is 3. The first-order valence-corrected chi connectivity index (χ1v) is 6.58. The number of guanidine groups is 1. The van der Waals surface area contributed by atoms with Gasteiger partial charge in [0.2, 0.25) is 0 Å². The topological polar surface area (TPSA) is 79.9 Å². The average molecular weight is 391 g/mol. The summed E-state index contributed by atoms with van der Waals surface area (Å²) >= 11 is 0. The molecule has 20 heavy (non-hydrogen) atoms. The molecule has 1 fully saturated rings. The Bertz CT molecular complexity index is 462. The van der Waals surface area contributed by atoms with Crippen LogP contribution < -0.4 is 15.8 Å². The number of phenolic OH excluding ortho intramolecular Hbond substituents is 1. The molecule has 1 saturated carbocycles. The minimum absolute atomic E-state index is 0. The molecule has 0 amide bonds. The van der Waals surface area contributed by atoms with Crippen LogP contribution in [-0.2, 0) is 6.54 Å². The predicted molar refractivity (Wildman–Crippen MR) is 90.7 cm³/mol. The van der Waals surface area contributed by atoms with Crippen LogP contribution in [0, 0.1) is 5.92 Å². The van der Waals surface area contributed by atoms with Crippen molar-refractivity contribution in [1.82, 2.24) is 5.32 Å². The van der Waals surface area contributed by atoms with Crippen molar-refractivity contribution in [3.63, 3.8) is 0 Å². The monoisotopic (exact) mass is 391 g/mol. The van der Waals surface area contributed by atoms with Gasteiger partial charge in [0.05, 0.1) is 13.7 Å². The van der Waals surface area contributed by atoms with Gasteiger partial charge in [-0.15, -0.1) is 24.0 Å². The van der Waals surface area contributed by atoms with E-state index in [9.17, 15) is 5.11 Å². The number of aromatic hydroxyl groups is 1. The predicted octanol–water partition coefficient (Wildman–Crippen LogP) is 2.22. The number of benzene rings is 1. The van der Waals surface area contributed by atoms with E-state index >= 15 is 0 Å². The second-order valence-corrected chi connectivity index (χ2v) is 4.89. The third kappa shape index (κ3) is 4.73. The van der Waals surface area contributed by atoms with Crippen molar-refractivity contribution in [3.05, 3.63) is 23.8 Å². The SMILES string of the molecule is COc1ccc(CN=C(N)NCC2CCC2)cc1O.I. The molecule has 0 atom stereocenters. The summed E-state index contributed by atoms with van der Waals surface area (Å²) in [6.07, 6.45) is 3.90. The van der Waals surface area contributed by atoms with Crippen molar-refractivity contribution in [3.8, 4) is 11.5 Å². The van der Waals surface area contributed by atoms with Gasteiger partial charge in [0.25, 0.3) is 0 Å². The molecule has 6 heteroatoms. The summed E-state index contributed by atoms with van der Waals surface area (Å²) in [5, 5.41) is 12.8. The number of halogens is 1. The van der Waals surface area contributed by atoms with E-state index < -0.39 is 0 Å². The van der Waals surface area contributed by atoms with Crippen LogP contribution in [0.1, 0.15) is 24.8 Å². The highest BCUT2D eigenvalue weighted by atomic mass is 127. The number of ether oxygens (including phenoxy) is 1. The molecule has 0 aromatic heterocycles. The van der Waals surface area contributed by atoms with Crippen molar-refractivity contribution in [2.45, 2.75) is 25.8 Å². The second-order valence-electron chi connectivity index (χ2n) is 4.89. The highest BCUT2D eigenvalue weighted by Crippen LogP contribution is 2.26.